The predicted octanol–water partition coefficient (Wildman–Crippen LogP) is 4.39. The molecule has 3 aromatic rings. The topological polar surface area (TPSA) is 68.0 Å². The molecule has 2 aromatic heterocycles. The number of hydrogen-bond donors (Lipinski definition) is 2. The van der Waals surface area contributed by atoms with Crippen molar-refractivity contribution in [2.75, 3.05) is 11.1 Å². The van der Waals surface area contributed by atoms with E-state index in [0.717, 1.165) is 40.0 Å². The maximum atomic E-state index is 12.6. The minimum Gasteiger partial charge on any atom is -0.397 e. The van der Waals surface area contributed by atoms with Gasteiger partial charge in [-0.25, -0.2) is 4.98 Å². The molecule has 118 valence electrons. The zero-order chi connectivity index (χ0) is 16.4. The van der Waals surface area contributed by atoms with Crippen LogP contribution in [0, 0.1) is 6.92 Å². The molecule has 0 saturated heterocycles. The number of hydrogen-bond acceptors (Lipinski definition) is 4. The number of thiophene rings is 1. The Kier molecular flexibility index (Phi) is 4.30. The fraction of sp³-hybridized carbons (Fsp3) is 0.222. The highest BCUT2D eigenvalue weighted by Crippen LogP contribution is 2.33. The van der Waals surface area contributed by atoms with Crippen LogP contribution in [0.5, 0.6) is 0 Å². The number of carbonyl (C=O) groups excluding carboxylic acids is 1. The highest BCUT2D eigenvalue weighted by molar-refractivity contribution is 7.21. The first-order valence-electron chi connectivity index (χ1n) is 7.65. The Morgan fingerprint density at radius 1 is 1.26 bits per heavy atom. The Labute approximate surface area is 139 Å². The standard InChI is InChI=1S/C18H19N3OS/c1-3-6-12-9-10-13-15(19)16(23-18(13)20-12)17(22)21-14-8-5-4-7-11(14)2/h4-5,7-10H,3,6,19H2,1-2H3,(H,21,22). The maximum absolute atomic E-state index is 12.6. The van der Waals surface area contributed by atoms with Gasteiger partial charge in [-0.05, 0) is 37.1 Å². The summed E-state index contributed by atoms with van der Waals surface area (Å²) in [4.78, 5) is 18.5. The van der Waals surface area contributed by atoms with Crippen molar-refractivity contribution in [3.8, 4) is 0 Å². The van der Waals surface area contributed by atoms with Crippen molar-refractivity contribution in [2.45, 2.75) is 26.7 Å². The number of nitrogens with two attached hydrogens (primary N) is 1. The first-order valence-corrected chi connectivity index (χ1v) is 8.46. The molecule has 0 atom stereocenters. The van der Waals surface area contributed by atoms with Crippen molar-refractivity contribution in [1.29, 1.82) is 0 Å². The van der Waals surface area contributed by atoms with Crippen LogP contribution in [-0.2, 0) is 6.42 Å². The van der Waals surface area contributed by atoms with Crippen LogP contribution in [-0.4, -0.2) is 10.9 Å². The number of nitrogens with one attached hydrogen (secondary N) is 1. The molecule has 1 aromatic carbocycles. The lowest BCUT2D eigenvalue weighted by Crippen LogP contribution is -2.12. The van der Waals surface area contributed by atoms with Gasteiger partial charge < -0.3 is 11.1 Å². The smallest absolute Gasteiger partial charge is 0.267 e. The van der Waals surface area contributed by atoms with E-state index in [1.54, 1.807) is 0 Å². The molecule has 5 heteroatoms. The summed E-state index contributed by atoms with van der Waals surface area (Å²) in [5, 5.41) is 3.78. The van der Waals surface area contributed by atoms with Gasteiger partial charge in [0.05, 0.1) is 5.69 Å². The largest absolute Gasteiger partial charge is 0.397 e. The molecule has 3 N–H and O–H groups in total. The van der Waals surface area contributed by atoms with Gasteiger partial charge in [0.15, 0.2) is 0 Å². The van der Waals surface area contributed by atoms with Gasteiger partial charge in [0, 0.05) is 16.8 Å². The number of fused-ring (bicyclic) bond motifs is 1. The maximum Gasteiger partial charge on any atom is 0.267 e. The molecule has 0 aliphatic rings. The number of amides is 1. The molecule has 0 bridgehead atoms. The number of anilines is 2. The molecule has 0 saturated carbocycles. The number of rotatable bonds is 4. The van der Waals surface area contributed by atoms with Crippen LogP contribution in [0.25, 0.3) is 10.2 Å². The molecule has 3 rings (SSSR count). The van der Waals surface area contributed by atoms with Crippen LogP contribution in [0.15, 0.2) is 36.4 Å². The number of para-hydroxylation sites is 1. The van der Waals surface area contributed by atoms with Crippen molar-refractivity contribution >= 4 is 38.8 Å². The number of aryl methyl sites for hydroxylation is 2. The number of nitrogen functional groups attached to an aromatic ring is 1. The van der Waals surface area contributed by atoms with Crippen LogP contribution in [0.1, 0.15) is 34.3 Å². The lowest BCUT2D eigenvalue weighted by molar-refractivity contribution is 0.103. The first kappa shape index (κ1) is 15.5. The van der Waals surface area contributed by atoms with Gasteiger partial charge in [0.25, 0.3) is 5.91 Å². The van der Waals surface area contributed by atoms with Crippen molar-refractivity contribution in [2.24, 2.45) is 0 Å². The number of carbonyl (C=O) groups is 1. The van der Waals surface area contributed by atoms with Gasteiger partial charge in [-0.15, -0.1) is 11.3 Å². The Morgan fingerprint density at radius 3 is 2.78 bits per heavy atom. The molecule has 0 fully saturated rings. The second kappa shape index (κ2) is 6.38. The minimum atomic E-state index is -0.183. The molecule has 0 radical (unpaired) electrons. The van der Waals surface area contributed by atoms with Crippen molar-refractivity contribution in [1.82, 2.24) is 4.98 Å². The summed E-state index contributed by atoms with van der Waals surface area (Å²) < 4.78 is 0. The summed E-state index contributed by atoms with van der Waals surface area (Å²) in [6.07, 6.45) is 1.97. The average molecular weight is 325 g/mol. The quantitative estimate of drug-likeness (QED) is 0.747. The van der Waals surface area contributed by atoms with E-state index in [1.165, 1.54) is 11.3 Å². The van der Waals surface area contributed by atoms with Crippen molar-refractivity contribution < 1.29 is 4.79 Å². The molecular weight excluding hydrogens is 306 g/mol. The molecule has 4 nitrogen and oxygen atoms in total. The van der Waals surface area contributed by atoms with E-state index in [2.05, 4.69) is 17.2 Å². The molecule has 0 spiro atoms. The van der Waals surface area contributed by atoms with Gasteiger partial charge in [-0.3, -0.25) is 4.79 Å². The van der Waals surface area contributed by atoms with Gasteiger partial charge in [-0.2, -0.15) is 0 Å². The van der Waals surface area contributed by atoms with E-state index < -0.39 is 0 Å². The van der Waals surface area contributed by atoms with E-state index in [-0.39, 0.29) is 5.91 Å². The highest BCUT2D eigenvalue weighted by atomic mass is 32.1. The number of nitrogens with zero attached hydrogens (tertiary/aromatic N) is 1. The van der Waals surface area contributed by atoms with Crippen LogP contribution in [0.4, 0.5) is 11.4 Å². The molecule has 0 aliphatic carbocycles. The second-order valence-electron chi connectivity index (χ2n) is 5.52. The molecular formula is C18H19N3OS. The zero-order valence-corrected chi connectivity index (χ0v) is 14.0. The zero-order valence-electron chi connectivity index (χ0n) is 13.2. The average Bonchev–Trinajstić information content (AvgIpc) is 2.86. The summed E-state index contributed by atoms with van der Waals surface area (Å²) in [5.41, 5.74) is 9.52. The lowest BCUT2D eigenvalue weighted by Gasteiger charge is -2.07. The number of pyridine rings is 1. The molecule has 1 amide bonds. The van der Waals surface area contributed by atoms with Crippen LogP contribution < -0.4 is 11.1 Å². The first-order chi connectivity index (χ1) is 11.1. The third kappa shape index (κ3) is 3.05. The minimum absolute atomic E-state index is 0.183. The number of benzene rings is 1. The summed E-state index contributed by atoms with van der Waals surface area (Å²) >= 11 is 1.35. The number of aromatic nitrogens is 1. The summed E-state index contributed by atoms with van der Waals surface area (Å²) in [6.45, 7) is 4.08. The summed E-state index contributed by atoms with van der Waals surface area (Å²) in [5.74, 6) is -0.183. The monoisotopic (exact) mass is 325 g/mol. The Morgan fingerprint density at radius 2 is 2.04 bits per heavy atom. The van der Waals surface area contributed by atoms with E-state index in [0.29, 0.717) is 10.6 Å². The molecule has 0 aliphatic heterocycles. The predicted molar refractivity (Wildman–Crippen MR) is 97.2 cm³/mol. The van der Waals surface area contributed by atoms with Gasteiger partial charge in [-0.1, -0.05) is 31.5 Å². The SMILES string of the molecule is CCCc1ccc2c(N)c(C(=O)Nc3ccccc3C)sc2n1. The summed E-state index contributed by atoms with van der Waals surface area (Å²) in [7, 11) is 0. The van der Waals surface area contributed by atoms with Gasteiger partial charge >= 0.3 is 0 Å². The third-order valence-electron chi connectivity index (χ3n) is 3.76. The third-order valence-corrected chi connectivity index (χ3v) is 4.87. The van der Waals surface area contributed by atoms with Crippen LogP contribution in [0.2, 0.25) is 0 Å². The highest BCUT2D eigenvalue weighted by Gasteiger charge is 2.18. The Bertz CT molecular complexity index is 870. The lowest BCUT2D eigenvalue weighted by atomic mass is 10.2. The van der Waals surface area contributed by atoms with Crippen molar-refractivity contribution in [3.05, 3.63) is 52.5 Å². The second-order valence-corrected chi connectivity index (χ2v) is 6.52. The Hall–Kier alpha value is -2.40. The van der Waals surface area contributed by atoms with Crippen LogP contribution >= 0.6 is 11.3 Å². The van der Waals surface area contributed by atoms with Crippen LogP contribution in [0.3, 0.4) is 0 Å². The van der Waals surface area contributed by atoms with Crippen molar-refractivity contribution in [3.63, 3.8) is 0 Å². The molecule has 0 unspecified atom stereocenters. The van der Waals surface area contributed by atoms with Gasteiger partial charge in [0.1, 0.15) is 9.71 Å². The fourth-order valence-electron chi connectivity index (χ4n) is 2.49. The van der Waals surface area contributed by atoms with Gasteiger partial charge in [0.2, 0.25) is 0 Å². The van der Waals surface area contributed by atoms with E-state index in [4.69, 9.17) is 5.73 Å². The summed E-state index contributed by atoms with van der Waals surface area (Å²) in [6, 6.07) is 11.6. The Balaban J connectivity index is 1.94. The van der Waals surface area contributed by atoms with E-state index in [9.17, 15) is 4.79 Å². The normalized spacial score (nSPS) is 10.9. The van der Waals surface area contributed by atoms with E-state index in [1.807, 2.05) is 43.3 Å². The fourth-order valence-corrected chi connectivity index (χ4v) is 3.50. The van der Waals surface area contributed by atoms with E-state index >= 15 is 0 Å². The molecule has 2 heterocycles. The molecule has 23 heavy (non-hydrogen) atoms.